The average Bonchev–Trinajstić information content (AvgIpc) is 2.45. The molecule has 126 valence electrons. The standard InChI is InChI=1S/C20H23NO3/c1-12-8-15(9-13(2)21-12)11-23-18-7-6-16-17(22)10-20(4,5)24-19(16)14(18)3/h6-9H,10-11H2,1-5H3. The molecule has 0 spiro atoms. The third kappa shape index (κ3) is 3.28. The Morgan fingerprint density at radius 2 is 1.83 bits per heavy atom. The number of benzene rings is 1. The molecule has 1 aromatic heterocycles. The van der Waals surface area contributed by atoms with Crippen LogP contribution in [0.25, 0.3) is 0 Å². The highest BCUT2D eigenvalue weighted by Crippen LogP contribution is 2.39. The van der Waals surface area contributed by atoms with Crippen LogP contribution in [0.2, 0.25) is 0 Å². The molecule has 0 unspecified atom stereocenters. The summed E-state index contributed by atoms with van der Waals surface area (Å²) in [7, 11) is 0. The smallest absolute Gasteiger partial charge is 0.170 e. The Labute approximate surface area is 142 Å². The van der Waals surface area contributed by atoms with Crippen molar-refractivity contribution in [3.63, 3.8) is 0 Å². The van der Waals surface area contributed by atoms with Gasteiger partial charge in [0.05, 0.1) is 12.0 Å². The van der Waals surface area contributed by atoms with Crippen LogP contribution in [0, 0.1) is 20.8 Å². The minimum atomic E-state index is -0.479. The first-order chi connectivity index (χ1) is 11.2. The number of hydrogen-bond acceptors (Lipinski definition) is 4. The zero-order chi connectivity index (χ0) is 17.5. The second kappa shape index (κ2) is 5.93. The molecule has 0 N–H and O–H groups in total. The highest BCUT2D eigenvalue weighted by molar-refractivity contribution is 6.01. The third-order valence-electron chi connectivity index (χ3n) is 4.16. The lowest BCUT2D eigenvalue weighted by molar-refractivity contribution is 0.0613. The molecule has 0 saturated heterocycles. The van der Waals surface area contributed by atoms with Crippen molar-refractivity contribution in [2.75, 3.05) is 0 Å². The van der Waals surface area contributed by atoms with E-state index in [2.05, 4.69) is 4.98 Å². The van der Waals surface area contributed by atoms with Crippen molar-refractivity contribution in [1.82, 2.24) is 4.98 Å². The van der Waals surface area contributed by atoms with Crippen LogP contribution in [0.3, 0.4) is 0 Å². The van der Waals surface area contributed by atoms with Gasteiger partial charge < -0.3 is 9.47 Å². The molecule has 4 heteroatoms. The van der Waals surface area contributed by atoms with Crippen molar-refractivity contribution < 1.29 is 14.3 Å². The predicted molar refractivity (Wildman–Crippen MR) is 92.9 cm³/mol. The number of fused-ring (bicyclic) bond motifs is 1. The lowest BCUT2D eigenvalue weighted by Gasteiger charge is -2.33. The summed E-state index contributed by atoms with van der Waals surface area (Å²) in [6.45, 7) is 10.2. The Morgan fingerprint density at radius 1 is 1.17 bits per heavy atom. The number of Topliss-reactive ketones (excluding diaryl/α,β-unsaturated/α-hetero) is 1. The molecule has 0 atom stereocenters. The molecular formula is C20H23NO3. The highest BCUT2D eigenvalue weighted by atomic mass is 16.5. The molecule has 1 aliphatic heterocycles. The summed E-state index contributed by atoms with van der Waals surface area (Å²) < 4.78 is 12.0. The summed E-state index contributed by atoms with van der Waals surface area (Å²) in [6, 6.07) is 7.70. The van der Waals surface area contributed by atoms with Gasteiger partial charge in [0, 0.05) is 17.0 Å². The number of ether oxygens (including phenoxy) is 2. The van der Waals surface area contributed by atoms with E-state index in [1.165, 1.54) is 0 Å². The SMILES string of the molecule is Cc1cc(COc2ccc3c(c2C)OC(C)(C)CC3=O)cc(C)n1. The molecule has 1 aliphatic rings. The molecule has 0 bridgehead atoms. The van der Waals surface area contributed by atoms with Gasteiger partial charge in [-0.05, 0) is 64.4 Å². The number of carbonyl (C=O) groups is 1. The van der Waals surface area contributed by atoms with Crippen LogP contribution >= 0.6 is 0 Å². The second-order valence-corrected chi connectivity index (χ2v) is 7.07. The molecule has 3 rings (SSSR count). The topological polar surface area (TPSA) is 48.4 Å². The monoisotopic (exact) mass is 325 g/mol. The zero-order valence-electron chi connectivity index (χ0n) is 14.9. The van der Waals surface area contributed by atoms with Gasteiger partial charge in [-0.2, -0.15) is 0 Å². The van der Waals surface area contributed by atoms with Crippen LogP contribution in [0.15, 0.2) is 24.3 Å². The predicted octanol–water partition coefficient (Wildman–Crippen LogP) is 4.33. The number of rotatable bonds is 3. The maximum absolute atomic E-state index is 12.3. The molecule has 24 heavy (non-hydrogen) atoms. The van der Waals surface area contributed by atoms with Crippen LogP contribution in [0.4, 0.5) is 0 Å². The Morgan fingerprint density at radius 3 is 2.50 bits per heavy atom. The van der Waals surface area contributed by atoms with Gasteiger partial charge in [0.25, 0.3) is 0 Å². The van der Waals surface area contributed by atoms with Crippen molar-refractivity contribution >= 4 is 5.78 Å². The van der Waals surface area contributed by atoms with Gasteiger partial charge in [0.15, 0.2) is 5.78 Å². The third-order valence-corrected chi connectivity index (χ3v) is 4.16. The number of hydrogen-bond donors (Lipinski definition) is 0. The molecule has 0 radical (unpaired) electrons. The van der Waals surface area contributed by atoms with E-state index in [0.717, 1.165) is 28.3 Å². The molecule has 0 aliphatic carbocycles. The van der Waals surface area contributed by atoms with E-state index >= 15 is 0 Å². The number of aryl methyl sites for hydroxylation is 2. The quantitative estimate of drug-likeness (QED) is 0.843. The van der Waals surface area contributed by atoms with Gasteiger partial charge in [0.2, 0.25) is 0 Å². The van der Waals surface area contributed by atoms with Crippen molar-refractivity contribution in [2.24, 2.45) is 0 Å². The van der Waals surface area contributed by atoms with E-state index in [4.69, 9.17) is 9.47 Å². The summed E-state index contributed by atoms with van der Waals surface area (Å²) in [5, 5.41) is 0. The van der Waals surface area contributed by atoms with Gasteiger partial charge in [-0.1, -0.05) is 0 Å². The zero-order valence-corrected chi connectivity index (χ0v) is 14.9. The van der Waals surface area contributed by atoms with E-state index in [-0.39, 0.29) is 5.78 Å². The maximum Gasteiger partial charge on any atom is 0.170 e. The Balaban J connectivity index is 1.86. The second-order valence-electron chi connectivity index (χ2n) is 7.07. The summed E-state index contributed by atoms with van der Waals surface area (Å²) in [5.74, 6) is 1.51. The molecule has 0 amide bonds. The minimum absolute atomic E-state index is 0.122. The summed E-state index contributed by atoms with van der Waals surface area (Å²) in [5.41, 5.74) is 4.07. The lowest BCUT2D eigenvalue weighted by atomic mass is 9.91. The van der Waals surface area contributed by atoms with Crippen molar-refractivity contribution in [1.29, 1.82) is 0 Å². The molecule has 1 aromatic carbocycles. The highest BCUT2D eigenvalue weighted by Gasteiger charge is 2.34. The first-order valence-corrected chi connectivity index (χ1v) is 8.18. The molecule has 0 saturated carbocycles. The van der Waals surface area contributed by atoms with Crippen molar-refractivity contribution in [3.05, 3.63) is 52.3 Å². The van der Waals surface area contributed by atoms with Crippen LogP contribution < -0.4 is 9.47 Å². The van der Waals surface area contributed by atoms with Gasteiger partial charge in [-0.25, -0.2) is 0 Å². The van der Waals surface area contributed by atoms with Gasteiger partial charge in [-0.15, -0.1) is 0 Å². The Bertz CT molecular complexity index is 789. The number of nitrogens with zero attached hydrogens (tertiary/aromatic N) is 1. The number of aromatic nitrogens is 1. The molecule has 0 fully saturated rings. The molecular weight excluding hydrogens is 302 g/mol. The Hall–Kier alpha value is -2.36. The van der Waals surface area contributed by atoms with Crippen LogP contribution in [-0.4, -0.2) is 16.4 Å². The van der Waals surface area contributed by atoms with Crippen molar-refractivity contribution in [2.45, 2.75) is 53.2 Å². The summed E-state index contributed by atoms with van der Waals surface area (Å²) >= 11 is 0. The maximum atomic E-state index is 12.3. The average molecular weight is 325 g/mol. The first-order valence-electron chi connectivity index (χ1n) is 8.18. The fraction of sp³-hybridized carbons (Fsp3) is 0.400. The van der Waals surface area contributed by atoms with E-state index in [0.29, 0.717) is 24.3 Å². The number of carbonyl (C=O) groups excluding carboxylic acids is 1. The number of ketones is 1. The molecule has 2 aromatic rings. The molecule has 2 heterocycles. The largest absolute Gasteiger partial charge is 0.488 e. The van der Waals surface area contributed by atoms with Gasteiger partial charge in [0.1, 0.15) is 23.7 Å². The summed E-state index contributed by atoms with van der Waals surface area (Å²) in [4.78, 5) is 16.7. The van der Waals surface area contributed by atoms with E-state index in [1.54, 1.807) is 6.07 Å². The first kappa shape index (κ1) is 16.5. The Kier molecular flexibility index (Phi) is 4.08. The van der Waals surface area contributed by atoms with Crippen LogP contribution in [0.5, 0.6) is 11.5 Å². The van der Waals surface area contributed by atoms with Gasteiger partial charge >= 0.3 is 0 Å². The minimum Gasteiger partial charge on any atom is -0.488 e. The fourth-order valence-electron chi connectivity index (χ4n) is 3.14. The fourth-order valence-corrected chi connectivity index (χ4v) is 3.14. The van der Waals surface area contributed by atoms with Crippen LogP contribution in [0.1, 0.15) is 53.1 Å². The lowest BCUT2D eigenvalue weighted by Crippen LogP contribution is -2.36. The summed E-state index contributed by atoms with van der Waals surface area (Å²) in [6.07, 6.45) is 0.398. The van der Waals surface area contributed by atoms with E-state index in [9.17, 15) is 4.79 Å². The normalized spacial score (nSPS) is 15.6. The van der Waals surface area contributed by atoms with E-state index < -0.39 is 5.60 Å². The van der Waals surface area contributed by atoms with Crippen molar-refractivity contribution in [3.8, 4) is 11.5 Å². The molecule has 4 nitrogen and oxygen atoms in total. The van der Waals surface area contributed by atoms with Gasteiger partial charge in [-0.3, -0.25) is 9.78 Å². The van der Waals surface area contributed by atoms with Crippen LogP contribution in [-0.2, 0) is 6.61 Å². The number of pyridine rings is 1. The van der Waals surface area contributed by atoms with E-state index in [1.807, 2.05) is 52.8 Å².